The Bertz CT molecular complexity index is 329. The minimum absolute atomic E-state index is 0. The van der Waals surface area contributed by atoms with Crippen molar-refractivity contribution in [1.82, 2.24) is 9.78 Å². The van der Waals surface area contributed by atoms with Crippen LogP contribution in [0.15, 0.2) is 18.5 Å². The van der Waals surface area contributed by atoms with E-state index in [4.69, 9.17) is 4.74 Å². The highest BCUT2D eigenvalue weighted by Gasteiger charge is 1.95. The highest BCUT2D eigenvalue weighted by atomic mass is 16.5. The van der Waals surface area contributed by atoms with Crippen LogP contribution in [0.25, 0.3) is 6.08 Å². The lowest BCUT2D eigenvalue weighted by Gasteiger charge is -1.93. The highest BCUT2D eigenvalue weighted by Crippen LogP contribution is 2.00. The Morgan fingerprint density at radius 1 is 1.60 bits per heavy atom. The summed E-state index contributed by atoms with van der Waals surface area (Å²) in [7, 11) is 0. The summed E-state index contributed by atoms with van der Waals surface area (Å²) in [6, 6.07) is 0. The molecule has 0 radical (unpaired) electrons. The summed E-state index contributed by atoms with van der Waals surface area (Å²) in [5, 5.41) is 4.07. The van der Waals surface area contributed by atoms with Crippen LogP contribution in [-0.4, -0.2) is 22.4 Å². The molecule has 4 nitrogen and oxygen atoms in total. The molecule has 0 bridgehead atoms. The average molecular weight is 210 g/mol. The van der Waals surface area contributed by atoms with Crippen LogP contribution in [-0.2, 0) is 16.1 Å². The van der Waals surface area contributed by atoms with Gasteiger partial charge in [0.2, 0.25) is 0 Å². The third-order valence-corrected chi connectivity index (χ3v) is 1.68. The summed E-state index contributed by atoms with van der Waals surface area (Å²) in [5.41, 5.74) is 0.903. The SMILES string of the molecule is C.CCOC(=O)/C=C/c1cnn(CC)c1. The lowest BCUT2D eigenvalue weighted by atomic mass is 10.3. The van der Waals surface area contributed by atoms with Gasteiger partial charge in [-0.05, 0) is 19.9 Å². The quantitative estimate of drug-likeness (QED) is 0.564. The molecular formula is C11H18N2O2. The van der Waals surface area contributed by atoms with E-state index in [-0.39, 0.29) is 13.4 Å². The smallest absolute Gasteiger partial charge is 0.330 e. The second-order valence-electron chi connectivity index (χ2n) is 2.71. The minimum Gasteiger partial charge on any atom is -0.463 e. The average Bonchev–Trinajstić information content (AvgIpc) is 2.63. The molecule has 0 atom stereocenters. The zero-order valence-corrected chi connectivity index (χ0v) is 8.43. The molecule has 0 saturated heterocycles. The van der Waals surface area contributed by atoms with Gasteiger partial charge >= 0.3 is 5.97 Å². The van der Waals surface area contributed by atoms with E-state index >= 15 is 0 Å². The van der Waals surface area contributed by atoms with Gasteiger partial charge < -0.3 is 4.74 Å². The van der Waals surface area contributed by atoms with Gasteiger partial charge in [0.05, 0.1) is 12.8 Å². The van der Waals surface area contributed by atoms with E-state index in [9.17, 15) is 4.79 Å². The van der Waals surface area contributed by atoms with Gasteiger partial charge in [0.15, 0.2) is 0 Å². The van der Waals surface area contributed by atoms with Crippen molar-refractivity contribution in [2.75, 3.05) is 6.61 Å². The molecular weight excluding hydrogens is 192 g/mol. The van der Waals surface area contributed by atoms with Crippen molar-refractivity contribution >= 4 is 12.0 Å². The van der Waals surface area contributed by atoms with Gasteiger partial charge in [-0.3, -0.25) is 4.68 Å². The first-order valence-corrected chi connectivity index (χ1v) is 4.63. The number of ether oxygens (including phenoxy) is 1. The van der Waals surface area contributed by atoms with Crippen molar-refractivity contribution in [3.8, 4) is 0 Å². The second kappa shape index (κ2) is 6.81. The first-order chi connectivity index (χ1) is 6.76. The van der Waals surface area contributed by atoms with Crippen molar-refractivity contribution in [2.24, 2.45) is 0 Å². The Kier molecular flexibility index (Phi) is 6.09. The number of hydrogen-bond acceptors (Lipinski definition) is 3. The number of hydrogen-bond donors (Lipinski definition) is 0. The maximum atomic E-state index is 11.0. The molecule has 84 valence electrons. The van der Waals surface area contributed by atoms with E-state index < -0.39 is 0 Å². The van der Waals surface area contributed by atoms with E-state index in [2.05, 4.69) is 5.10 Å². The van der Waals surface area contributed by atoms with Gasteiger partial charge in [0.25, 0.3) is 0 Å². The molecule has 1 rings (SSSR count). The normalized spacial score (nSPS) is 10.0. The summed E-state index contributed by atoms with van der Waals surface area (Å²) in [6.45, 7) is 5.01. The number of carbonyl (C=O) groups is 1. The molecule has 0 aliphatic carbocycles. The summed E-state index contributed by atoms with van der Waals surface area (Å²) < 4.78 is 6.54. The molecule has 0 saturated carbocycles. The molecule has 0 N–H and O–H groups in total. The fourth-order valence-electron chi connectivity index (χ4n) is 0.993. The van der Waals surface area contributed by atoms with Crippen molar-refractivity contribution in [1.29, 1.82) is 0 Å². The lowest BCUT2D eigenvalue weighted by Crippen LogP contribution is -1.98. The van der Waals surface area contributed by atoms with E-state index in [0.717, 1.165) is 12.1 Å². The molecule has 0 fully saturated rings. The van der Waals surface area contributed by atoms with Crippen LogP contribution in [0.2, 0.25) is 0 Å². The molecule has 1 heterocycles. The number of nitrogens with zero attached hydrogens (tertiary/aromatic N) is 2. The predicted octanol–water partition coefficient (Wildman–Crippen LogP) is 2.12. The van der Waals surface area contributed by atoms with Crippen molar-refractivity contribution in [3.63, 3.8) is 0 Å². The monoisotopic (exact) mass is 210 g/mol. The standard InChI is InChI=1S/C10H14N2O2.CH4/c1-3-12-8-9(7-11-12)5-6-10(13)14-4-2;/h5-8H,3-4H2,1-2H3;1H4/b6-5+;. The van der Waals surface area contributed by atoms with Crippen LogP contribution in [0.5, 0.6) is 0 Å². The van der Waals surface area contributed by atoms with Crippen molar-refractivity contribution < 1.29 is 9.53 Å². The zero-order valence-electron chi connectivity index (χ0n) is 8.43. The molecule has 15 heavy (non-hydrogen) atoms. The molecule has 0 unspecified atom stereocenters. The predicted molar refractivity (Wildman–Crippen MR) is 60.3 cm³/mol. The van der Waals surface area contributed by atoms with Crippen molar-refractivity contribution in [3.05, 3.63) is 24.0 Å². The third-order valence-electron chi connectivity index (χ3n) is 1.68. The number of carbonyl (C=O) groups excluding carboxylic acids is 1. The topological polar surface area (TPSA) is 44.1 Å². The van der Waals surface area contributed by atoms with Gasteiger partial charge in [0, 0.05) is 24.4 Å². The van der Waals surface area contributed by atoms with Crippen LogP contribution < -0.4 is 0 Å². The molecule has 0 aliphatic rings. The third kappa shape index (κ3) is 4.44. The molecule has 0 spiro atoms. The minimum atomic E-state index is -0.322. The van der Waals surface area contributed by atoms with Crippen LogP contribution in [0.1, 0.15) is 26.8 Å². The second-order valence-corrected chi connectivity index (χ2v) is 2.71. The van der Waals surface area contributed by atoms with E-state index in [1.54, 1.807) is 23.9 Å². The van der Waals surface area contributed by atoms with E-state index in [0.29, 0.717) is 6.61 Å². The van der Waals surface area contributed by atoms with Crippen LogP contribution in [0.4, 0.5) is 0 Å². The summed E-state index contributed by atoms with van der Waals surface area (Å²) in [6.07, 6.45) is 6.67. The van der Waals surface area contributed by atoms with Crippen LogP contribution in [0.3, 0.4) is 0 Å². The van der Waals surface area contributed by atoms with Crippen LogP contribution in [0, 0.1) is 0 Å². The van der Waals surface area contributed by atoms with Crippen molar-refractivity contribution in [2.45, 2.75) is 27.8 Å². The first kappa shape index (κ1) is 13.4. The Morgan fingerprint density at radius 2 is 2.33 bits per heavy atom. The Labute approximate surface area is 90.5 Å². The fourth-order valence-corrected chi connectivity index (χ4v) is 0.993. The Balaban J connectivity index is 0.00000196. The fraction of sp³-hybridized carbons (Fsp3) is 0.455. The molecule has 0 aliphatic heterocycles. The molecule has 1 aromatic rings. The summed E-state index contributed by atoms with van der Waals surface area (Å²) in [4.78, 5) is 11.0. The highest BCUT2D eigenvalue weighted by molar-refractivity contribution is 5.86. The van der Waals surface area contributed by atoms with Gasteiger partial charge in [0.1, 0.15) is 0 Å². The van der Waals surface area contributed by atoms with E-state index in [1.807, 2.05) is 13.1 Å². The van der Waals surface area contributed by atoms with Gasteiger partial charge in [-0.25, -0.2) is 4.79 Å². The first-order valence-electron chi connectivity index (χ1n) is 4.63. The molecule has 1 aromatic heterocycles. The maximum absolute atomic E-state index is 11.0. The number of aryl methyl sites for hydroxylation is 1. The van der Waals surface area contributed by atoms with E-state index in [1.165, 1.54) is 6.08 Å². The van der Waals surface area contributed by atoms with Crippen LogP contribution >= 0.6 is 0 Å². The number of aromatic nitrogens is 2. The lowest BCUT2D eigenvalue weighted by molar-refractivity contribution is -0.137. The number of rotatable bonds is 4. The Hall–Kier alpha value is -1.58. The van der Waals surface area contributed by atoms with Gasteiger partial charge in [-0.2, -0.15) is 5.10 Å². The maximum Gasteiger partial charge on any atom is 0.330 e. The molecule has 4 heteroatoms. The summed E-state index contributed by atoms with van der Waals surface area (Å²) >= 11 is 0. The molecule has 0 amide bonds. The number of esters is 1. The van der Waals surface area contributed by atoms with Gasteiger partial charge in [-0.1, -0.05) is 7.43 Å². The van der Waals surface area contributed by atoms with Gasteiger partial charge in [-0.15, -0.1) is 0 Å². The zero-order chi connectivity index (χ0) is 10.4. The largest absolute Gasteiger partial charge is 0.463 e. The Morgan fingerprint density at radius 3 is 2.87 bits per heavy atom. The summed E-state index contributed by atoms with van der Waals surface area (Å²) in [5.74, 6) is -0.322. The molecule has 0 aromatic carbocycles.